The minimum Gasteiger partial charge on any atom is -0.491 e. The van der Waals surface area contributed by atoms with E-state index in [0.717, 1.165) is 29.0 Å². The normalized spacial score (nSPS) is 19.4. The fourth-order valence-electron chi connectivity index (χ4n) is 4.93. The Hall–Kier alpha value is -3.19. The molecule has 7 nitrogen and oxygen atoms in total. The summed E-state index contributed by atoms with van der Waals surface area (Å²) in [5.74, 6) is 0.847. The van der Waals surface area contributed by atoms with Crippen LogP contribution in [0, 0.1) is 0 Å². The Morgan fingerprint density at radius 2 is 1.82 bits per heavy atom. The van der Waals surface area contributed by atoms with Gasteiger partial charge in [-0.2, -0.15) is 0 Å². The van der Waals surface area contributed by atoms with Crippen molar-refractivity contribution in [2.45, 2.75) is 38.2 Å². The van der Waals surface area contributed by atoms with Gasteiger partial charge in [0.2, 0.25) is 11.8 Å². The van der Waals surface area contributed by atoms with Crippen LogP contribution >= 0.6 is 0 Å². The summed E-state index contributed by atoms with van der Waals surface area (Å²) < 4.78 is 11.8. The molecule has 3 aliphatic rings. The first-order chi connectivity index (χ1) is 16.1. The van der Waals surface area contributed by atoms with Gasteiger partial charge < -0.3 is 19.3 Å². The molecule has 0 spiro atoms. The van der Waals surface area contributed by atoms with Gasteiger partial charge in [0, 0.05) is 49.2 Å². The van der Waals surface area contributed by atoms with Crippen LogP contribution in [-0.4, -0.2) is 61.4 Å². The summed E-state index contributed by atoms with van der Waals surface area (Å²) in [6.07, 6.45) is 2.25. The number of hydrogen-bond acceptors (Lipinski definition) is 5. The molecule has 2 aliphatic heterocycles. The summed E-state index contributed by atoms with van der Waals surface area (Å²) in [5, 5.41) is 0. The monoisotopic (exact) mass is 448 g/mol. The van der Waals surface area contributed by atoms with Crippen molar-refractivity contribution in [1.82, 2.24) is 4.90 Å². The third-order valence-electron chi connectivity index (χ3n) is 6.69. The van der Waals surface area contributed by atoms with Crippen molar-refractivity contribution in [3.8, 4) is 5.75 Å². The molecule has 2 heterocycles. The molecule has 2 amide bonds. The molecule has 0 saturated carbocycles. The van der Waals surface area contributed by atoms with E-state index in [1.807, 2.05) is 42.5 Å². The Morgan fingerprint density at radius 3 is 2.73 bits per heavy atom. The summed E-state index contributed by atoms with van der Waals surface area (Å²) in [4.78, 5) is 41.0. The Morgan fingerprint density at radius 1 is 0.970 bits per heavy atom. The molecule has 2 aromatic carbocycles. The highest BCUT2D eigenvalue weighted by molar-refractivity contribution is 6.01. The lowest BCUT2D eigenvalue weighted by molar-refractivity contribution is -0.141. The average molecular weight is 449 g/mol. The van der Waals surface area contributed by atoms with E-state index in [0.29, 0.717) is 45.7 Å². The predicted molar refractivity (Wildman–Crippen MR) is 123 cm³/mol. The number of nitrogens with zero attached hydrogens (tertiary/aromatic N) is 2. The fraction of sp³-hybridized carbons (Fsp3) is 0.423. The number of anilines is 1. The maximum Gasteiger partial charge on any atom is 0.227 e. The number of hydrogen-bond donors (Lipinski definition) is 0. The third kappa shape index (κ3) is 4.50. The van der Waals surface area contributed by atoms with Crippen LogP contribution in [-0.2, 0) is 27.2 Å². The van der Waals surface area contributed by atoms with Crippen molar-refractivity contribution in [3.63, 3.8) is 0 Å². The number of morpholine rings is 1. The average Bonchev–Trinajstić information content (AvgIpc) is 3.45. The molecule has 7 heteroatoms. The fourth-order valence-corrected chi connectivity index (χ4v) is 4.93. The van der Waals surface area contributed by atoms with Crippen molar-refractivity contribution >= 4 is 23.3 Å². The van der Waals surface area contributed by atoms with E-state index in [-0.39, 0.29) is 36.5 Å². The van der Waals surface area contributed by atoms with Crippen molar-refractivity contribution in [1.29, 1.82) is 0 Å². The SMILES string of the molecule is O=C1CCc2c(OCC3CN(C(=O)CCC(=O)N4CCc5ccccc54)CCO3)cccc21. The van der Waals surface area contributed by atoms with E-state index in [2.05, 4.69) is 0 Å². The number of carbonyl (C=O) groups is 3. The van der Waals surface area contributed by atoms with Crippen LogP contribution in [0.25, 0.3) is 0 Å². The number of ether oxygens (including phenoxy) is 2. The maximum atomic E-state index is 12.8. The van der Waals surface area contributed by atoms with Gasteiger partial charge in [-0.1, -0.05) is 30.3 Å². The van der Waals surface area contributed by atoms with Crippen LogP contribution in [0.15, 0.2) is 42.5 Å². The number of fused-ring (bicyclic) bond motifs is 2. The lowest BCUT2D eigenvalue weighted by atomic mass is 10.1. The topological polar surface area (TPSA) is 76.2 Å². The first-order valence-electron chi connectivity index (χ1n) is 11.7. The number of ketones is 1. The summed E-state index contributed by atoms with van der Waals surface area (Å²) in [6, 6.07) is 13.5. The van der Waals surface area contributed by atoms with Gasteiger partial charge in [0.05, 0.1) is 13.2 Å². The molecule has 172 valence electrons. The molecule has 0 bridgehead atoms. The van der Waals surface area contributed by atoms with Crippen LogP contribution in [0.3, 0.4) is 0 Å². The van der Waals surface area contributed by atoms with Gasteiger partial charge >= 0.3 is 0 Å². The third-order valence-corrected chi connectivity index (χ3v) is 6.69. The molecule has 0 aromatic heterocycles. The highest BCUT2D eigenvalue weighted by Gasteiger charge is 2.28. The highest BCUT2D eigenvalue weighted by atomic mass is 16.5. The van der Waals surface area contributed by atoms with Gasteiger partial charge in [0.15, 0.2) is 5.78 Å². The predicted octanol–water partition coefficient (Wildman–Crippen LogP) is 2.79. The summed E-state index contributed by atoms with van der Waals surface area (Å²) in [5.41, 5.74) is 3.86. The van der Waals surface area contributed by atoms with Crippen molar-refractivity contribution in [3.05, 3.63) is 59.2 Å². The van der Waals surface area contributed by atoms with Crippen LogP contribution < -0.4 is 9.64 Å². The molecule has 1 aliphatic carbocycles. The first-order valence-corrected chi connectivity index (χ1v) is 11.7. The van der Waals surface area contributed by atoms with Crippen LogP contribution in [0.4, 0.5) is 5.69 Å². The minimum atomic E-state index is -0.239. The van der Waals surface area contributed by atoms with Crippen molar-refractivity contribution in [2.75, 3.05) is 37.7 Å². The number of Topliss-reactive ketones (excluding diaryl/α,β-unsaturated/α-hetero) is 1. The standard InChI is InChI=1S/C26H28N2O5/c29-23-9-8-21-20(23)5-3-7-24(21)33-17-19-16-27(14-15-32-19)25(30)10-11-26(31)28-13-12-18-4-1-2-6-22(18)28/h1-7,19H,8-17H2. The molecule has 1 fully saturated rings. The molecule has 1 atom stereocenters. The lowest BCUT2D eigenvalue weighted by Gasteiger charge is -2.33. The van der Waals surface area contributed by atoms with E-state index in [4.69, 9.17) is 9.47 Å². The molecule has 0 radical (unpaired) electrons. The lowest BCUT2D eigenvalue weighted by Crippen LogP contribution is -2.47. The van der Waals surface area contributed by atoms with E-state index < -0.39 is 0 Å². The maximum absolute atomic E-state index is 12.8. The quantitative estimate of drug-likeness (QED) is 0.679. The van der Waals surface area contributed by atoms with E-state index in [1.54, 1.807) is 9.80 Å². The van der Waals surface area contributed by atoms with Gasteiger partial charge in [-0.15, -0.1) is 0 Å². The van der Waals surface area contributed by atoms with Gasteiger partial charge in [-0.25, -0.2) is 0 Å². The van der Waals surface area contributed by atoms with E-state index >= 15 is 0 Å². The van der Waals surface area contributed by atoms with Gasteiger partial charge in [-0.3, -0.25) is 14.4 Å². The van der Waals surface area contributed by atoms with Crippen LogP contribution in [0.1, 0.15) is 40.7 Å². The molecule has 2 aromatic rings. The van der Waals surface area contributed by atoms with Crippen LogP contribution in [0.5, 0.6) is 5.75 Å². The summed E-state index contributed by atoms with van der Waals surface area (Å²) >= 11 is 0. The van der Waals surface area contributed by atoms with Crippen molar-refractivity contribution < 1.29 is 23.9 Å². The molecule has 5 rings (SSSR count). The molecular weight excluding hydrogens is 420 g/mol. The molecular formula is C26H28N2O5. The molecule has 1 saturated heterocycles. The number of rotatable bonds is 6. The largest absolute Gasteiger partial charge is 0.491 e. The number of carbonyl (C=O) groups excluding carboxylic acids is 3. The Bertz CT molecular complexity index is 1080. The number of para-hydroxylation sites is 1. The molecule has 0 N–H and O–H groups in total. The van der Waals surface area contributed by atoms with Crippen LogP contribution in [0.2, 0.25) is 0 Å². The zero-order valence-electron chi connectivity index (χ0n) is 18.6. The zero-order valence-corrected chi connectivity index (χ0v) is 18.6. The first kappa shape index (κ1) is 21.6. The molecule has 1 unspecified atom stereocenters. The van der Waals surface area contributed by atoms with Crippen molar-refractivity contribution in [2.24, 2.45) is 0 Å². The summed E-state index contributed by atoms with van der Waals surface area (Å²) in [7, 11) is 0. The number of amides is 2. The molecule has 33 heavy (non-hydrogen) atoms. The Labute approximate surface area is 193 Å². The second-order valence-corrected chi connectivity index (χ2v) is 8.77. The van der Waals surface area contributed by atoms with Gasteiger partial charge in [-0.05, 0) is 30.5 Å². The minimum absolute atomic E-state index is 0.00563. The van der Waals surface area contributed by atoms with Gasteiger partial charge in [0.1, 0.15) is 18.5 Å². The summed E-state index contributed by atoms with van der Waals surface area (Å²) in [6.45, 7) is 2.40. The Kier molecular flexibility index (Phi) is 6.13. The zero-order chi connectivity index (χ0) is 22.8. The second-order valence-electron chi connectivity index (χ2n) is 8.77. The van der Waals surface area contributed by atoms with E-state index in [1.165, 1.54) is 5.56 Å². The van der Waals surface area contributed by atoms with Gasteiger partial charge in [0.25, 0.3) is 0 Å². The van der Waals surface area contributed by atoms with E-state index in [9.17, 15) is 14.4 Å². The highest BCUT2D eigenvalue weighted by Crippen LogP contribution is 2.31. The number of benzene rings is 2. The Balaban J connectivity index is 1.12. The smallest absolute Gasteiger partial charge is 0.227 e. The second kappa shape index (κ2) is 9.35.